The van der Waals surface area contributed by atoms with E-state index in [0.717, 1.165) is 54.6 Å². The van der Waals surface area contributed by atoms with Gasteiger partial charge in [0.15, 0.2) is 0 Å². The van der Waals surface area contributed by atoms with Gasteiger partial charge in [-0.15, -0.1) is 0 Å². The molecule has 2 N–H and O–H groups in total. The first kappa shape index (κ1) is 18.1. The number of non-ortho nitro benzene ring substituents is 2. The van der Waals surface area contributed by atoms with Crippen LogP contribution in [0.1, 0.15) is 0 Å². The maximum absolute atomic E-state index is 11.4. The number of aromatic nitrogens is 2. The van der Waals surface area contributed by atoms with Crippen molar-refractivity contribution in [2.75, 3.05) is 0 Å². The Morgan fingerprint density at radius 2 is 1.38 bits per heavy atom. The Kier molecular flexibility index (Phi) is 3.61. The molecule has 6 rings (SSSR count). The van der Waals surface area contributed by atoms with E-state index in [0.29, 0.717) is 0 Å². The van der Waals surface area contributed by atoms with E-state index < -0.39 is 9.85 Å². The molecule has 2 aromatic heterocycles. The SMILES string of the molecule is O=[N+]([O-])c1ccc2[nH]cc(-c3c4ccccc4cc4[nH]c5ccc([N+](=O)[O-])cc5c34)c2c1. The van der Waals surface area contributed by atoms with Crippen molar-refractivity contribution in [1.29, 1.82) is 0 Å². The molecule has 0 unspecified atom stereocenters. The Balaban J connectivity index is 1.82. The number of aromatic amines is 2. The topological polar surface area (TPSA) is 118 Å². The minimum Gasteiger partial charge on any atom is -0.361 e. The smallest absolute Gasteiger partial charge is 0.270 e. The molecule has 0 saturated carbocycles. The van der Waals surface area contributed by atoms with Gasteiger partial charge in [0.1, 0.15) is 0 Å². The van der Waals surface area contributed by atoms with E-state index >= 15 is 0 Å². The highest BCUT2D eigenvalue weighted by molar-refractivity contribution is 6.24. The van der Waals surface area contributed by atoms with Crippen LogP contribution < -0.4 is 0 Å². The molecule has 0 aliphatic rings. The molecule has 0 aliphatic heterocycles. The van der Waals surface area contributed by atoms with E-state index in [2.05, 4.69) is 9.97 Å². The molecule has 6 aromatic rings. The molecule has 8 heteroatoms. The van der Waals surface area contributed by atoms with Crippen molar-refractivity contribution in [3.05, 3.63) is 93.2 Å². The molecular weight excluding hydrogens is 408 g/mol. The monoisotopic (exact) mass is 422 g/mol. The molecule has 2 heterocycles. The highest BCUT2D eigenvalue weighted by Gasteiger charge is 2.20. The highest BCUT2D eigenvalue weighted by atomic mass is 16.6. The number of hydrogen-bond donors (Lipinski definition) is 2. The van der Waals surface area contributed by atoms with Crippen LogP contribution in [0.3, 0.4) is 0 Å². The van der Waals surface area contributed by atoms with Gasteiger partial charge < -0.3 is 9.97 Å². The predicted octanol–water partition coefficient (Wildman–Crippen LogP) is 6.44. The zero-order valence-corrected chi connectivity index (χ0v) is 16.5. The molecule has 154 valence electrons. The van der Waals surface area contributed by atoms with Crippen molar-refractivity contribution < 1.29 is 9.85 Å². The van der Waals surface area contributed by atoms with Crippen LogP contribution in [0.4, 0.5) is 11.4 Å². The number of nitro benzene ring substituents is 2. The van der Waals surface area contributed by atoms with Crippen molar-refractivity contribution in [3.8, 4) is 11.1 Å². The summed E-state index contributed by atoms with van der Waals surface area (Å²) >= 11 is 0. The van der Waals surface area contributed by atoms with Crippen molar-refractivity contribution >= 4 is 54.9 Å². The van der Waals surface area contributed by atoms with E-state index in [1.807, 2.05) is 36.5 Å². The minimum absolute atomic E-state index is 0.00407. The van der Waals surface area contributed by atoms with E-state index in [-0.39, 0.29) is 11.4 Å². The van der Waals surface area contributed by atoms with Gasteiger partial charge in [-0.25, -0.2) is 0 Å². The first-order valence-corrected chi connectivity index (χ1v) is 9.89. The third-order valence-electron chi connectivity index (χ3n) is 5.95. The van der Waals surface area contributed by atoms with Crippen molar-refractivity contribution in [3.63, 3.8) is 0 Å². The van der Waals surface area contributed by atoms with E-state index in [4.69, 9.17) is 0 Å². The molecule has 32 heavy (non-hydrogen) atoms. The number of nitrogens with zero attached hydrogens (tertiary/aromatic N) is 2. The summed E-state index contributed by atoms with van der Waals surface area (Å²) in [6.45, 7) is 0. The van der Waals surface area contributed by atoms with Gasteiger partial charge in [-0.1, -0.05) is 24.3 Å². The zero-order chi connectivity index (χ0) is 22.0. The average molecular weight is 422 g/mol. The van der Waals surface area contributed by atoms with Gasteiger partial charge in [-0.3, -0.25) is 20.2 Å². The third kappa shape index (κ3) is 2.50. The second-order valence-corrected chi connectivity index (χ2v) is 7.70. The Bertz CT molecular complexity index is 1750. The molecule has 0 radical (unpaired) electrons. The molecule has 0 fully saturated rings. The fourth-order valence-corrected chi connectivity index (χ4v) is 4.54. The normalized spacial score (nSPS) is 11.6. The van der Waals surface area contributed by atoms with Crippen molar-refractivity contribution in [1.82, 2.24) is 9.97 Å². The van der Waals surface area contributed by atoms with Gasteiger partial charge in [-0.2, -0.15) is 0 Å². The second kappa shape index (κ2) is 6.39. The Morgan fingerprint density at radius 3 is 2.12 bits per heavy atom. The largest absolute Gasteiger partial charge is 0.361 e. The summed E-state index contributed by atoms with van der Waals surface area (Å²) in [5.41, 5.74) is 4.09. The van der Waals surface area contributed by atoms with Crippen LogP contribution in [0.2, 0.25) is 0 Å². The molecule has 0 saturated heterocycles. The standard InChI is InChI=1S/C24H14N4O4/c29-27(30)14-5-7-20-17(10-14)19(12-25-20)23-16-4-2-1-3-13(16)9-22-24(23)18-11-15(28(31)32)6-8-21(18)26-22/h1-12,25-26H. The lowest BCUT2D eigenvalue weighted by atomic mass is 9.93. The number of nitrogens with one attached hydrogen (secondary N) is 2. The summed E-state index contributed by atoms with van der Waals surface area (Å²) in [5.74, 6) is 0. The summed E-state index contributed by atoms with van der Waals surface area (Å²) < 4.78 is 0. The molecule has 0 aliphatic carbocycles. The second-order valence-electron chi connectivity index (χ2n) is 7.70. The van der Waals surface area contributed by atoms with Crippen LogP contribution in [-0.2, 0) is 0 Å². The highest BCUT2D eigenvalue weighted by Crippen LogP contribution is 2.43. The Hall–Kier alpha value is -4.72. The van der Waals surface area contributed by atoms with Crippen LogP contribution in [0.25, 0.3) is 54.6 Å². The summed E-state index contributed by atoms with van der Waals surface area (Å²) in [6, 6.07) is 19.4. The van der Waals surface area contributed by atoms with Crippen molar-refractivity contribution in [2.24, 2.45) is 0 Å². The molecule has 4 aromatic carbocycles. The zero-order valence-electron chi connectivity index (χ0n) is 16.5. The number of hydrogen-bond acceptors (Lipinski definition) is 4. The van der Waals surface area contributed by atoms with E-state index in [9.17, 15) is 20.2 Å². The van der Waals surface area contributed by atoms with Gasteiger partial charge in [0.05, 0.1) is 9.85 Å². The molecule has 0 amide bonds. The first-order chi connectivity index (χ1) is 15.5. The van der Waals surface area contributed by atoms with Gasteiger partial charge in [0.2, 0.25) is 0 Å². The Morgan fingerprint density at radius 1 is 0.688 bits per heavy atom. The van der Waals surface area contributed by atoms with E-state index in [1.165, 1.54) is 12.1 Å². The quantitative estimate of drug-likeness (QED) is 0.252. The molecule has 0 bridgehead atoms. The number of nitro groups is 2. The van der Waals surface area contributed by atoms with Crippen molar-refractivity contribution in [2.45, 2.75) is 0 Å². The minimum atomic E-state index is -0.413. The fraction of sp³-hybridized carbons (Fsp3) is 0. The summed E-state index contributed by atoms with van der Waals surface area (Å²) in [7, 11) is 0. The lowest BCUT2D eigenvalue weighted by molar-refractivity contribution is -0.384. The van der Waals surface area contributed by atoms with Gasteiger partial charge in [0.25, 0.3) is 11.4 Å². The fourth-order valence-electron chi connectivity index (χ4n) is 4.54. The van der Waals surface area contributed by atoms with E-state index in [1.54, 1.807) is 24.3 Å². The van der Waals surface area contributed by atoms with Gasteiger partial charge in [0, 0.05) is 74.3 Å². The third-order valence-corrected chi connectivity index (χ3v) is 5.95. The van der Waals surface area contributed by atoms with Crippen LogP contribution >= 0.6 is 0 Å². The lowest BCUT2D eigenvalue weighted by Gasteiger charge is -2.09. The van der Waals surface area contributed by atoms with Crippen LogP contribution in [0.15, 0.2) is 72.9 Å². The average Bonchev–Trinajstić information content (AvgIpc) is 3.37. The molecule has 0 spiro atoms. The van der Waals surface area contributed by atoms with Crippen LogP contribution in [0, 0.1) is 20.2 Å². The van der Waals surface area contributed by atoms with Crippen LogP contribution in [-0.4, -0.2) is 19.8 Å². The van der Waals surface area contributed by atoms with Gasteiger partial charge in [-0.05, 0) is 29.0 Å². The maximum Gasteiger partial charge on any atom is 0.270 e. The number of H-pyrrole nitrogens is 2. The summed E-state index contributed by atoms with van der Waals surface area (Å²) in [4.78, 5) is 28.6. The van der Waals surface area contributed by atoms with Crippen LogP contribution in [0.5, 0.6) is 0 Å². The summed E-state index contributed by atoms with van der Waals surface area (Å²) in [5, 5.41) is 27.1. The number of fused-ring (bicyclic) bond motifs is 5. The molecule has 8 nitrogen and oxygen atoms in total. The molecular formula is C24H14N4O4. The number of benzene rings is 4. The predicted molar refractivity (Wildman–Crippen MR) is 124 cm³/mol. The molecule has 0 atom stereocenters. The number of rotatable bonds is 3. The summed E-state index contributed by atoms with van der Waals surface area (Å²) in [6.07, 6.45) is 1.84. The maximum atomic E-state index is 11.4. The Labute approximate surface area is 179 Å². The first-order valence-electron chi connectivity index (χ1n) is 9.89. The lowest BCUT2D eigenvalue weighted by Crippen LogP contribution is -1.88. The van der Waals surface area contributed by atoms with Gasteiger partial charge >= 0.3 is 0 Å².